The fourth-order valence-electron chi connectivity index (χ4n) is 4.45. The standard InChI is InChI=1S/C29H34N6O8/c30-19(13-17-15-32-20-9-5-4-8-18(17)20)26(39)34-22(12-16-6-2-1-3-7-16)28(41)33-21(10-11-25(37)38)27(40)35-23(29(42)43)14-24(31)36/h1-9,15,19,21-23,32H,10-14,30H2,(H2,31,36)(H,33,41)(H,34,39)(H,35,40)(H,37,38)(H,42,43). The van der Waals surface area contributed by atoms with E-state index in [1.165, 1.54) is 0 Å². The molecule has 0 saturated heterocycles. The Morgan fingerprint density at radius 3 is 2.02 bits per heavy atom. The number of carboxylic acids is 2. The number of hydrogen-bond acceptors (Lipinski definition) is 7. The summed E-state index contributed by atoms with van der Waals surface area (Å²) < 4.78 is 0. The highest BCUT2D eigenvalue weighted by Gasteiger charge is 2.31. The van der Waals surface area contributed by atoms with Gasteiger partial charge in [-0.3, -0.25) is 24.0 Å². The average Bonchev–Trinajstić information content (AvgIpc) is 3.37. The number of H-pyrrole nitrogens is 1. The van der Waals surface area contributed by atoms with Crippen molar-refractivity contribution in [3.05, 3.63) is 71.9 Å². The summed E-state index contributed by atoms with van der Waals surface area (Å²) in [6.07, 6.45) is 0.251. The van der Waals surface area contributed by atoms with Gasteiger partial charge in [-0.15, -0.1) is 0 Å². The SMILES string of the molecule is NC(=O)CC(NC(=O)C(CCC(=O)O)NC(=O)C(Cc1ccccc1)NC(=O)C(N)Cc1c[nH]c2ccccc12)C(=O)O. The van der Waals surface area contributed by atoms with E-state index in [1.807, 2.05) is 24.3 Å². The van der Waals surface area contributed by atoms with Crippen LogP contribution in [0.2, 0.25) is 0 Å². The van der Waals surface area contributed by atoms with Gasteiger partial charge in [0.05, 0.1) is 12.5 Å². The number of nitrogens with two attached hydrogens (primary N) is 2. The van der Waals surface area contributed by atoms with Crippen LogP contribution in [0.15, 0.2) is 60.8 Å². The first kappa shape index (κ1) is 32.3. The summed E-state index contributed by atoms with van der Waals surface area (Å²) in [5.41, 5.74) is 13.6. The second-order valence-corrected chi connectivity index (χ2v) is 9.98. The van der Waals surface area contributed by atoms with Gasteiger partial charge in [-0.05, 0) is 30.0 Å². The van der Waals surface area contributed by atoms with Crippen molar-refractivity contribution in [1.29, 1.82) is 0 Å². The van der Waals surface area contributed by atoms with Crippen LogP contribution in [0.5, 0.6) is 0 Å². The van der Waals surface area contributed by atoms with Gasteiger partial charge in [0.15, 0.2) is 0 Å². The number of carboxylic acid groups (broad SMARTS) is 2. The molecule has 14 heteroatoms. The Labute approximate surface area is 246 Å². The second kappa shape index (κ2) is 15.1. The molecule has 0 aliphatic heterocycles. The van der Waals surface area contributed by atoms with Crippen LogP contribution in [-0.2, 0) is 41.6 Å². The molecule has 10 N–H and O–H groups in total. The van der Waals surface area contributed by atoms with E-state index in [0.29, 0.717) is 5.56 Å². The van der Waals surface area contributed by atoms with Crippen molar-refractivity contribution < 1.29 is 39.0 Å². The molecule has 0 fully saturated rings. The van der Waals surface area contributed by atoms with Crippen LogP contribution in [0.25, 0.3) is 10.9 Å². The van der Waals surface area contributed by atoms with E-state index >= 15 is 0 Å². The highest BCUT2D eigenvalue weighted by Crippen LogP contribution is 2.19. The summed E-state index contributed by atoms with van der Waals surface area (Å²) in [4.78, 5) is 76.7. The summed E-state index contributed by atoms with van der Waals surface area (Å²) in [5, 5.41) is 26.5. The van der Waals surface area contributed by atoms with Crippen LogP contribution in [-0.4, -0.2) is 74.9 Å². The van der Waals surface area contributed by atoms with E-state index in [0.717, 1.165) is 16.5 Å². The number of benzene rings is 2. The summed E-state index contributed by atoms with van der Waals surface area (Å²) in [7, 11) is 0. The number of carbonyl (C=O) groups is 6. The number of primary amides is 1. The number of aliphatic carboxylic acids is 2. The first-order chi connectivity index (χ1) is 20.4. The zero-order chi connectivity index (χ0) is 31.5. The molecular formula is C29H34N6O8. The maximum atomic E-state index is 13.5. The van der Waals surface area contributed by atoms with Gasteiger partial charge >= 0.3 is 11.9 Å². The lowest BCUT2D eigenvalue weighted by atomic mass is 10.0. The van der Waals surface area contributed by atoms with Crippen molar-refractivity contribution in [1.82, 2.24) is 20.9 Å². The summed E-state index contributed by atoms with van der Waals surface area (Å²) in [6.45, 7) is 0. The van der Waals surface area contributed by atoms with Crippen molar-refractivity contribution in [3.63, 3.8) is 0 Å². The molecule has 4 unspecified atom stereocenters. The van der Waals surface area contributed by atoms with Crippen molar-refractivity contribution in [2.45, 2.75) is 56.3 Å². The fourth-order valence-corrected chi connectivity index (χ4v) is 4.45. The van der Waals surface area contributed by atoms with E-state index in [2.05, 4.69) is 20.9 Å². The van der Waals surface area contributed by atoms with E-state index in [9.17, 15) is 33.9 Å². The Bertz CT molecular complexity index is 1470. The highest BCUT2D eigenvalue weighted by atomic mass is 16.4. The number of aromatic amines is 1. The molecule has 3 aromatic rings. The maximum absolute atomic E-state index is 13.5. The second-order valence-electron chi connectivity index (χ2n) is 9.98. The van der Waals surface area contributed by atoms with Crippen LogP contribution in [0, 0.1) is 0 Å². The molecule has 14 nitrogen and oxygen atoms in total. The van der Waals surface area contributed by atoms with Gasteiger partial charge in [0.1, 0.15) is 18.1 Å². The van der Waals surface area contributed by atoms with E-state index in [4.69, 9.17) is 16.6 Å². The summed E-state index contributed by atoms with van der Waals surface area (Å²) in [5.74, 6) is -6.31. The Morgan fingerprint density at radius 1 is 0.767 bits per heavy atom. The quantitative estimate of drug-likeness (QED) is 0.107. The van der Waals surface area contributed by atoms with Crippen LogP contribution in [0.4, 0.5) is 0 Å². The molecule has 0 saturated carbocycles. The van der Waals surface area contributed by atoms with Gasteiger partial charge in [0.25, 0.3) is 0 Å². The number of hydrogen-bond donors (Lipinski definition) is 8. The molecule has 0 aliphatic rings. The monoisotopic (exact) mass is 594 g/mol. The molecule has 1 heterocycles. The molecule has 43 heavy (non-hydrogen) atoms. The lowest BCUT2D eigenvalue weighted by Gasteiger charge is -2.25. The molecule has 228 valence electrons. The minimum absolute atomic E-state index is 0.00488. The Kier molecular flexibility index (Phi) is 11.3. The number of aromatic nitrogens is 1. The van der Waals surface area contributed by atoms with Crippen LogP contribution in [0.1, 0.15) is 30.4 Å². The molecule has 0 bridgehead atoms. The Balaban J connectivity index is 1.78. The first-order valence-corrected chi connectivity index (χ1v) is 13.4. The first-order valence-electron chi connectivity index (χ1n) is 13.4. The topological polar surface area (TPSA) is 247 Å². The number of amides is 4. The van der Waals surface area contributed by atoms with Gasteiger partial charge in [-0.1, -0.05) is 48.5 Å². The third kappa shape index (κ3) is 9.67. The van der Waals surface area contributed by atoms with E-state index in [1.54, 1.807) is 36.5 Å². The van der Waals surface area contributed by atoms with E-state index < -0.39 is 79.0 Å². The third-order valence-corrected chi connectivity index (χ3v) is 6.67. The number of nitrogens with one attached hydrogen (secondary N) is 4. The molecule has 3 rings (SSSR count). The molecule has 0 radical (unpaired) electrons. The van der Waals surface area contributed by atoms with Crippen molar-refractivity contribution in [2.24, 2.45) is 11.5 Å². The highest BCUT2D eigenvalue weighted by molar-refractivity contribution is 5.95. The largest absolute Gasteiger partial charge is 0.481 e. The summed E-state index contributed by atoms with van der Waals surface area (Å²) in [6, 6.07) is 10.7. The molecule has 0 aliphatic carbocycles. The van der Waals surface area contributed by atoms with Crippen molar-refractivity contribution >= 4 is 46.5 Å². The van der Waals surface area contributed by atoms with Gasteiger partial charge in [-0.2, -0.15) is 0 Å². The lowest BCUT2D eigenvalue weighted by molar-refractivity contribution is -0.144. The molecule has 4 amide bonds. The van der Waals surface area contributed by atoms with Crippen molar-refractivity contribution in [2.75, 3.05) is 0 Å². The predicted octanol–water partition coefficient (Wildman–Crippen LogP) is -0.440. The van der Waals surface area contributed by atoms with Gasteiger partial charge in [0.2, 0.25) is 23.6 Å². The van der Waals surface area contributed by atoms with Crippen molar-refractivity contribution in [3.8, 4) is 0 Å². The predicted molar refractivity (Wildman–Crippen MR) is 154 cm³/mol. The smallest absolute Gasteiger partial charge is 0.326 e. The van der Waals surface area contributed by atoms with Gasteiger partial charge in [0, 0.05) is 29.9 Å². The van der Waals surface area contributed by atoms with Crippen LogP contribution >= 0.6 is 0 Å². The molecule has 0 spiro atoms. The number of rotatable bonds is 16. The van der Waals surface area contributed by atoms with Gasteiger partial charge in [-0.25, -0.2) is 4.79 Å². The molecule has 2 aromatic carbocycles. The number of para-hydroxylation sites is 1. The normalized spacial score (nSPS) is 13.7. The zero-order valence-electron chi connectivity index (χ0n) is 23.1. The van der Waals surface area contributed by atoms with E-state index in [-0.39, 0.29) is 12.8 Å². The van der Waals surface area contributed by atoms with Gasteiger partial charge < -0.3 is 42.6 Å². The minimum Gasteiger partial charge on any atom is -0.481 e. The fraction of sp³-hybridized carbons (Fsp3) is 0.310. The minimum atomic E-state index is -1.70. The zero-order valence-corrected chi connectivity index (χ0v) is 23.1. The average molecular weight is 595 g/mol. The molecule has 4 atom stereocenters. The lowest BCUT2D eigenvalue weighted by Crippen LogP contribution is -2.58. The number of carbonyl (C=O) groups excluding carboxylic acids is 4. The summed E-state index contributed by atoms with van der Waals surface area (Å²) >= 11 is 0. The third-order valence-electron chi connectivity index (χ3n) is 6.67. The maximum Gasteiger partial charge on any atom is 0.326 e. The number of fused-ring (bicyclic) bond motifs is 1. The Hall–Kier alpha value is -5.24. The van der Waals surface area contributed by atoms with Crippen LogP contribution < -0.4 is 27.4 Å². The molecule has 1 aromatic heterocycles. The molecular weight excluding hydrogens is 560 g/mol. The Morgan fingerprint density at radius 2 is 1.37 bits per heavy atom. The van der Waals surface area contributed by atoms with Crippen LogP contribution in [0.3, 0.4) is 0 Å².